The van der Waals surface area contributed by atoms with Gasteiger partial charge in [-0.1, -0.05) is 29.3 Å². The molecule has 1 aliphatic rings. The number of nitrogens with zero attached hydrogens (tertiary/aromatic N) is 1. The molecule has 22 heavy (non-hydrogen) atoms. The van der Waals surface area contributed by atoms with Crippen LogP contribution in [-0.4, -0.2) is 18.9 Å². The van der Waals surface area contributed by atoms with Crippen LogP contribution in [0.5, 0.6) is 11.5 Å². The number of hydrogen-bond acceptors (Lipinski definition) is 4. The maximum Gasteiger partial charge on any atom is 0.271 e. The Morgan fingerprint density at radius 3 is 2.64 bits per heavy atom. The fourth-order valence-electron chi connectivity index (χ4n) is 1.96. The summed E-state index contributed by atoms with van der Waals surface area (Å²) in [6.07, 6.45) is 1.47. The number of ether oxygens (including phenoxy) is 2. The lowest BCUT2D eigenvalue weighted by atomic mass is 10.1. The first-order valence-electron chi connectivity index (χ1n) is 6.63. The first-order valence-corrected chi connectivity index (χ1v) is 7.00. The van der Waals surface area contributed by atoms with E-state index in [1.54, 1.807) is 24.3 Å². The zero-order valence-corrected chi connectivity index (χ0v) is 12.6. The van der Waals surface area contributed by atoms with E-state index in [2.05, 4.69) is 10.5 Å². The number of hydrazone groups is 1. The van der Waals surface area contributed by atoms with Gasteiger partial charge in [0.05, 0.1) is 11.2 Å². The maximum atomic E-state index is 11.9. The summed E-state index contributed by atoms with van der Waals surface area (Å²) in [5.41, 5.74) is 4.73. The van der Waals surface area contributed by atoms with Crippen molar-refractivity contribution in [3.63, 3.8) is 0 Å². The van der Waals surface area contributed by atoms with E-state index in [1.807, 2.05) is 19.1 Å². The van der Waals surface area contributed by atoms with E-state index >= 15 is 0 Å². The minimum atomic E-state index is -0.284. The van der Waals surface area contributed by atoms with Crippen molar-refractivity contribution in [2.75, 3.05) is 6.79 Å². The van der Waals surface area contributed by atoms with Crippen molar-refractivity contribution in [2.24, 2.45) is 5.10 Å². The molecule has 0 unspecified atom stereocenters. The van der Waals surface area contributed by atoms with Crippen LogP contribution in [0.1, 0.15) is 21.5 Å². The SMILES string of the molecule is Cc1ccc(C(=O)N/N=C/c2cc3c(cc2Cl)OCO3)cc1. The van der Waals surface area contributed by atoms with Gasteiger partial charge in [-0.15, -0.1) is 0 Å². The number of rotatable bonds is 3. The molecule has 0 bridgehead atoms. The smallest absolute Gasteiger partial charge is 0.271 e. The number of halogens is 1. The molecule has 112 valence electrons. The van der Waals surface area contributed by atoms with Crippen LogP contribution in [0, 0.1) is 6.92 Å². The third kappa shape index (κ3) is 3.04. The molecule has 0 radical (unpaired) electrons. The molecule has 0 spiro atoms. The van der Waals surface area contributed by atoms with Crippen molar-refractivity contribution < 1.29 is 14.3 Å². The average Bonchev–Trinajstić information content (AvgIpc) is 2.95. The molecular weight excluding hydrogens is 304 g/mol. The van der Waals surface area contributed by atoms with Crippen LogP contribution < -0.4 is 14.9 Å². The Kier molecular flexibility index (Phi) is 3.98. The lowest BCUT2D eigenvalue weighted by Gasteiger charge is -2.02. The molecule has 5 nitrogen and oxygen atoms in total. The van der Waals surface area contributed by atoms with Crippen molar-refractivity contribution in [3.8, 4) is 11.5 Å². The highest BCUT2D eigenvalue weighted by molar-refractivity contribution is 6.33. The molecule has 6 heteroatoms. The van der Waals surface area contributed by atoms with Crippen molar-refractivity contribution in [2.45, 2.75) is 6.92 Å². The molecule has 1 heterocycles. The largest absolute Gasteiger partial charge is 0.454 e. The first kappa shape index (κ1) is 14.4. The minimum absolute atomic E-state index is 0.177. The summed E-state index contributed by atoms with van der Waals surface area (Å²) >= 11 is 6.12. The second-order valence-electron chi connectivity index (χ2n) is 4.79. The quantitative estimate of drug-likeness (QED) is 0.699. The van der Waals surface area contributed by atoms with Crippen LogP contribution >= 0.6 is 11.6 Å². The van der Waals surface area contributed by atoms with E-state index in [4.69, 9.17) is 21.1 Å². The molecule has 3 rings (SSSR count). The van der Waals surface area contributed by atoms with Crippen LogP contribution in [0.4, 0.5) is 0 Å². The van der Waals surface area contributed by atoms with Crippen LogP contribution in [0.2, 0.25) is 5.02 Å². The molecule has 1 aliphatic heterocycles. The average molecular weight is 317 g/mol. The number of carbonyl (C=O) groups excluding carboxylic acids is 1. The Bertz CT molecular complexity index is 742. The monoisotopic (exact) mass is 316 g/mol. The van der Waals surface area contributed by atoms with Crippen LogP contribution in [0.15, 0.2) is 41.5 Å². The van der Waals surface area contributed by atoms with E-state index in [0.29, 0.717) is 27.6 Å². The van der Waals surface area contributed by atoms with E-state index in [-0.39, 0.29) is 12.7 Å². The van der Waals surface area contributed by atoms with Gasteiger partial charge in [-0.25, -0.2) is 5.43 Å². The summed E-state index contributed by atoms with van der Waals surface area (Å²) in [6, 6.07) is 10.6. The molecule has 1 amide bonds. The van der Waals surface area contributed by atoms with Crippen molar-refractivity contribution in [1.82, 2.24) is 5.43 Å². The van der Waals surface area contributed by atoms with Gasteiger partial charge >= 0.3 is 0 Å². The summed E-state index contributed by atoms with van der Waals surface area (Å²) < 4.78 is 10.5. The van der Waals surface area contributed by atoms with Crippen molar-refractivity contribution in [1.29, 1.82) is 0 Å². The molecule has 2 aromatic carbocycles. The molecule has 0 atom stereocenters. The normalized spacial score (nSPS) is 12.6. The predicted molar refractivity (Wildman–Crippen MR) is 83.8 cm³/mol. The van der Waals surface area contributed by atoms with E-state index in [1.165, 1.54) is 6.21 Å². The van der Waals surface area contributed by atoms with Gasteiger partial charge in [0.15, 0.2) is 11.5 Å². The Labute approximate surface area is 132 Å². The molecule has 1 N–H and O–H groups in total. The maximum absolute atomic E-state index is 11.9. The molecule has 0 aromatic heterocycles. The van der Waals surface area contributed by atoms with Crippen LogP contribution in [-0.2, 0) is 0 Å². The lowest BCUT2D eigenvalue weighted by molar-refractivity contribution is 0.0955. The number of benzene rings is 2. The summed E-state index contributed by atoms with van der Waals surface area (Å²) in [5.74, 6) is 0.926. The molecule has 0 aliphatic carbocycles. The standard InChI is InChI=1S/C16H13ClN2O3/c1-10-2-4-11(5-3-10)16(20)19-18-8-12-6-14-15(7-13(12)17)22-9-21-14/h2-8H,9H2,1H3,(H,19,20)/b18-8+. The Hall–Kier alpha value is -2.53. The van der Waals surface area contributed by atoms with Crippen LogP contribution in [0.3, 0.4) is 0 Å². The number of nitrogens with one attached hydrogen (secondary N) is 1. The van der Waals surface area contributed by atoms with Gasteiger partial charge in [0, 0.05) is 17.2 Å². The lowest BCUT2D eigenvalue weighted by Crippen LogP contribution is -2.17. The third-order valence-corrected chi connectivity index (χ3v) is 3.50. The summed E-state index contributed by atoms with van der Waals surface area (Å²) in [7, 11) is 0. The van der Waals surface area contributed by atoms with Gasteiger partial charge in [-0.05, 0) is 25.1 Å². The predicted octanol–water partition coefficient (Wildman–Crippen LogP) is 3.14. The molecule has 0 fully saturated rings. The number of aryl methyl sites for hydroxylation is 1. The number of hydrogen-bond donors (Lipinski definition) is 1. The molecular formula is C16H13ClN2O3. The Morgan fingerprint density at radius 2 is 1.91 bits per heavy atom. The highest BCUT2D eigenvalue weighted by Crippen LogP contribution is 2.36. The summed E-state index contributed by atoms with van der Waals surface area (Å²) in [5, 5.41) is 4.39. The van der Waals surface area contributed by atoms with E-state index in [9.17, 15) is 4.79 Å². The Balaban J connectivity index is 1.70. The van der Waals surface area contributed by atoms with Crippen molar-refractivity contribution in [3.05, 3.63) is 58.1 Å². The fraction of sp³-hybridized carbons (Fsp3) is 0.125. The van der Waals surface area contributed by atoms with Crippen molar-refractivity contribution >= 4 is 23.7 Å². The highest BCUT2D eigenvalue weighted by Gasteiger charge is 2.15. The van der Waals surface area contributed by atoms with Gasteiger partial charge < -0.3 is 9.47 Å². The van der Waals surface area contributed by atoms with Gasteiger partial charge in [-0.2, -0.15) is 5.10 Å². The zero-order valence-electron chi connectivity index (χ0n) is 11.8. The number of fused-ring (bicyclic) bond motifs is 1. The fourth-order valence-corrected chi connectivity index (χ4v) is 2.16. The first-order chi connectivity index (χ1) is 10.6. The topological polar surface area (TPSA) is 59.9 Å². The molecule has 2 aromatic rings. The van der Waals surface area contributed by atoms with E-state index in [0.717, 1.165) is 5.56 Å². The molecule has 0 saturated heterocycles. The van der Waals surface area contributed by atoms with Gasteiger partial charge in [-0.3, -0.25) is 4.79 Å². The van der Waals surface area contributed by atoms with Gasteiger partial charge in [0.25, 0.3) is 5.91 Å². The van der Waals surface area contributed by atoms with Gasteiger partial charge in [0.2, 0.25) is 6.79 Å². The minimum Gasteiger partial charge on any atom is -0.454 e. The zero-order chi connectivity index (χ0) is 15.5. The molecule has 0 saturated carbocycles. The highest BCUT2D eigenvalue weighted by atomic mass is 35.5. The summed E-state index contributed by atoms with van der Waals surface area (Å²) in [6.45, 7) is 2.14. The third-order valence-electron chi connectivity index (χ3n) is 3.18. The second-order valence-corrected chi connectivity index (χ2v) is 5.20. The van der Waals surface area contributed by atoms with Crippen LogP contribution in [0.25, 0.3) is 0 Å². The summed E-state index contributed by atoms with van der Waals surface area (Å²) in [4.78, 5) is 11.9. The Morgan fingerprint density at radius 1 is 1.23 bits per heavy atom. The number of amides is 1. The van der Waals surface area contributed by atoms with Gasteiger partial charge in [0.1, 0.15) is 0 Å². The second kappa shape index (κ2) is 6.07. The number of carbonyl (C=O) groups is 1. The van der Waals surface area contributed by atoms with E-state index < -0.39 is 0 Å².